The largest absolute Gasteiger partial charge is 0.325 e. The summed E-state index contributed by atoms with van der Waals surface area (Å²) >= 11 is 4.56. The third-order valence-electron chi connectivity index (χ3n) is 3.90. The smallest absolute Gasteiger partial charge is 0.237 e. The van der Waals surface area contributed by atoms with E-state index < -0.39 is 0 Å². The summed E-state index contributed by atoms with van der Waals surface area (Å²) in [6.07, 6.45) is 0.789. The SMILES string of the molecule is C[C@H](Sc1nncs1)C(=O)Nc1ccc(Cc2nc3ccccc3s2)cc1. The second-order valence-corrected chi connectivity index (χ2v) is 9.44. The first-order valence-electron chi connectivity index (χ1n) is 8.34. The van der Waals surface area contributed by atoms with E-state index in [1.807, 2.05) is 49.4 Å². The summed E-state index contributed by atoms with van der Waals surface area (Å²) in [6.45, 7) is 1.86. The zero-order valence-electron chi connectivity index (χ0n) is 14.5. The maximum atomic E-state index is 12.3. The Morgan fingerprint density at radius 3 is 2.74 bits per heavy atom. The van der Waals surface area contributed by atoms with E-state index in [0.717, 1.165) is 27.0 Å². The van der Waals surface area contributed by atoms with Crippen molar-refractivity contribution in [2.24, 2.45) is 0 Å². The van der Waals surface area contributed by atoms with Crippen molar-refractivity contribution >= 4 is 56.2 Å². The van der Waals surface area contributed by atoms with E-state index in [9.17, 15) is 4.79 Å². The molecule has 1 amide bonds. The minimum absolute atomic E-state index is 0.0471. The van der Waals surface area contributed by atoms with Crippen molar-refractivity contribution in [2.75, 3.05) is 5.32 Å². The second kappa shape index (κ2) is 8.16. The molecular weight excluding hydrogens is 396 g/mol. The van der Waals surface area contributed by atoms with Crippen LogP contribution in [0.2, 0.25) is 0 Å². The van der Waals surface area contributed by atoms with Crippen LogP contribution in [0.3, 0.4) is 0 Å². The number of carbonyl (C=O) groups excluding carboxylic acids is 1. The predicted octanol–water partition coefficient (Wildman–Crippen LogP) is 4.86. The first-order chi connectivity index (χ1) is 13.2. The van der Waals surface area contributed by atoms with Crippen LogP contribution in [0.15, 0.2) is 58.4 Å². The lowest BCUT2D eigenvalue weighted by Gasteiger charge is -2.10. The third-order valence-corrected chi connectivity index (χ3v) is 6.85. The van der Waals surface area contributed by atoms with Crippen molar-refractivity contribution in [3.63, 3.8) is 0 Å². The summed E-state index contributed by atoms with van der Waals surface area (Å²) in [4.78, 5) is 17.0. The summed E-state index contributed by atoms with van der Waals surface area (Å²) in [7, 11) is 0. The van der Waals surface area contributed by atoms with Crippen molar-refractivity contribution in [3.8, 4) is 0 Å². The number of thiazole rings is 1. The lowest BCUT2D eigenvalue weighted by atomic mass is 10.1. The van der Waals surface area contributed by atoms with Gasteiger partial charge in [0.1, 0.15) is 5.51 Å². The summed E-state index contributed by atoms with van der Waals surface area (Å²) in [5.41, 5.74) is 4.67. The molecule has 27 heavy (non-hydrogen) atoms. The van der Waals surface area contributed by atoms with Gasteiger partial charge < -0.3 is 5.32 Å². The molecule has 0 saturated carbocycles. The first-order valence-corrected chi connectivity index (χ1v) is 10.9. The van der Waals surface area contributed by atoms with Gasteiger partial charge in [-0.05, 0) is 36.8 Å². The molecule has 0 aliphatic heterocycles. The van der Waals surface area contributed by atoms with Crippen LogP contribution in [0.25, 0.3) is 10.2 Å². The monoisotopic (exact) mass is 412 g/mol. The van der Waals surface area contributed by atoms with Crippen LogP contribution in [-0.2, 0) is 11.2 Å². The van der Waals surface area contributed by atoms with Crippen LogP contribution in [-0.4, -0.2) is 26.3 Å². The van der Waals surface area contributed by atoms with Crippen molar-refractivity contribution in [3.05, 3.63) is 64.6 Å². The maximum absolute atomic E-state index is 12.3. The van der Waals surface area contributed by atoms with Gasteiger partial charge in [0.05, 0.1) is 20.5 Å². The highest BCUT2D eigenvalue weighted by atomic mass is 32.2. The van der Waals surface area contributed by atoms with Crippen LogP contribution in [0.1, 0.15) is 17.5 Å². The van der Waals surface area contributed by atoms with Gasteiger partial charge >= 0.3 is 0 Å². The second-order valence-electron chi connectivity index (χ2n) is 5.90. The molecule has 1 N–H and O–H groups in total. The number of thioether (sulfide) groups is 1. The van der Waals surface area contributed by atoms with E-state index in [4.69, 9.17) is 0 Å². The number of aromatic nitrogens is 3. The van der Waals surface area contributed by atoms with Gasteiger partial charge in [-0.3, -0.25) is 4.79 Å². The number of carbonyl (C=O) groups is 1. The molecule has 0 saturated heterocycles. The van der Waals surface area contributed by atoms with Gasteiger partial charge in [0, 0.05) is 12.1 Å². The van der Waals surface area contributed by atoms with Gasteiger partial charge in [-0.15, -0.1) is 21.5 Å². The number of hydrogen-bond donors (Lipinski definition) is 1. The fourth-order valence-corrected chi connectivity index (χ4v) is 5.17. The average Bonchev–Trinajstić information content (AvgIpc) is 3.32. The molecule has 2 aromatic heterocycles. The summed E-state index contributed by atoms with van der Waals surface area (Å²) in [6, 6.07) is 16.1. The fraction of sp³-hybridized carbons (Fsp3) is 0.158. The summed E-state index contributed by atoms with van der Waals surface area (Å²) < 4.78 is 2.00. The molecule has 5 nitrogen and oxygen atoms in total. The van der Waals surface area contributed by atoms with Crippen molar-refractivity contribution in [2.45, 2.75) is 22.9 Å². The average molecular weight is 413 g/mol. The number of rotatable bonds is 6. The maximum Gasteiger partial charge on any atom is 0.237 e. The van der Waals surface area contributed by atoms with Gasteiger partial charge in [-0.2, -0.15) is 0 Å². The molecule has 8 heteroatoms. The topological polar surface area (TPSA) is 67.8 Å². The minimum atomic E-state index is -0.236. The van der Waals surface area contributed by atoms with Gasteiger partial charge in [0.2, 0.25) is 5.91 Å². The zero-order valence-corrected chi connectivity index (χ0v) is 16.9. The van der Waals surface area contributed by atoms with Crippen LogP contribution in [0.4, 0.5) is 5.69 Å². The molecule has 2 heterocycles. The molecule has 1 atom stereocenters. The Morgan fingerprint density at radius 1 is 1.19 bits per heavy atom. The Labute approximate surface area is 168 Å². The van der Waals surface area contributed by atoms with E-state index in [1.54, 1.807) is 16.8 Å². The molecule has 0 spiro atoms. The van der Waals surface area contributed by atoms with E-state index >= 15 is 0 Å². The van der Waals surface area contributed by atoms with Crippen molar-refractivity contribution in [1.29, 1.82) is 0 Å². The number of benzene rings is 2. The lowest BCUT2D eigenvalue weighted by Crippen LogP contribution is -2.22. The van der Waals surface area contributed by atoms with Crippen molar-refractivity contribution < 1.29 is 4.79 Å². The highest BCUT2D eigenvalue weighted by Crippen LogP contribution is 2.26. The van der Waals surface area contributed by atoms with Gasteiger partial charge in [0.25, 0.3) is 0 Å². The van der Waals surface area contributed by atoms with E-state index in [0.29, 0.717) is 0 Å². The summed E-state index contributed by atoms with van der Waals surface area (Å²) in [5, 5.41) is 11.6. The molecule has 0 unspecified atom stereocenters. The lowest BCUT2D eigenvalue weighted by molar-refractivity contribution is -0.115. The highest BCUT2D eigenvalue weighted by molar-refractivity contribution is 8.02. The zero-order chi connectivity index (χ0) is 18.6. The molecule has 2 aromatic carbocycles. The number of amides is 1. The standard InChI is InChI=1S/C19H16N4OS3/c1-12(26-19-23-20-11-25-19)18(24)21-14-8-6-13(7-9-14)10-17-22-15-4-2-3-5-16(15)27-17/h2-9,11-12H,10H2,1H3,(H,21,24)/t12-/m0/s1. The Kier molecular flexibility index (Phi) is 5.47. The van der Waals surface area contributed by atoms with Gasteiger partial charge in [-0.1, -0.05) is 47.4 Å². The van der Waals surface area contributed by atoms with E-state index in [1.165, 1.54) is 33.4 Å². The number of anilines is 1. The van der Waals surface area contributed by atoms with Crippen LogP contribution in [0.5, 0.6) is 0 Å². The number of fused-ring (bicyclic) bond motifs is 1. The molecule has 4 aromatic rings. The Bertz CT molecular complexity index is 1010. The molecule has 136 valence electrons. The van der Waals surface area contributed by atoms with Gasteiger partial charge in [0.15, 0.2) is 4.34 Å². The number of para-hydroxylation sites is 1. The third kappa shape index (κ3) is 4.52. The Morgan fingerprint density at radius 2 is 2.00 bits per heavy atom. The molecule has 0 fully saturated rings. The predicted molar refractivity (Wildman–Crippen MR) is 113 cm³/mol. The fourth-order valence-electron chi connectivity index (χ4n) is 2.54. The number of hydrogen-bond acceptors (Lipinski definition) is 7. The van der Waals surface area contributed by atoms with Crippen LogP contribution in [0, 0.1) is 0 Å². The molecule has 0 aliphatic carbocycles. The molecule has 0 radical (unpaired) electrons. The van der Waals surface area contributed by atoms with Crippen molar-refractivity contribution in [1.82, 2.24) is 15.2 Å². The molecular formula is C19H16N4OS3. The van der Waals surface area contributed by atoms with E-state index in [2.05, 4.69) is 26.6 Å². The normalized spacial score (nSPS) is 12.2. The Balaban J connectivity index is 1.37. The Hall–Kier alpha value is -2.29. The number of nitrogens with one attached hydrogen (secondary N) is 1. The quantitative estimate of drug-likeness (QED) is 0.458. The summed E-state index contributed by atoms with van der Waals surface area (Å²) in [5.74, 6) is -0.0471. The number of nitrogens with zero attached hydrogens (tertiary/aromatic N) is 3. The first kappa shape index (κ1) is 18.1. The molecule has 0 aliphatic rings. The molecule has 4 rings (SSSR count). The van der Waals surface area contributed by atoms with E-state index in [-0.39, 0.29) is 11.2 Å². The molecule has 0 bridgehead atoms. The highest BCUT2D eigenvalue weighted by Gasteiger charge is 2.16. The van der Waals surface area contributed by atoms with Crippen LogP contribution >= 0.6 is 34.4 Å². The van der Waals surface area contributed by atoms with Crippen LogP contribution < -0.4 is 5.32 Å². The minimum Gasteiger partial charge on any atom is -0.325 e. The van der Waals surface area contributed by atoms with Gasteiger partial charge in [-0.25, -0.2) is 4.98 Å².